The summed E-state index contributed by atoms with van der Waals surface area (Å²) in [6.45, 7) is 0. The molecule has 0 unspecified atom stereocenters. The summed E-state index contributed by atoms with van der Waals surface area (Å²) < 4.78 is -1.21. The topological polar surface area (TPSA) is 0 Å². The highest BCUT2D eigenvalue weighted by Crippen LogP contribution is 2.42. The van der Waals surface area contributed by atoms with Gasteiger partial charge in [0.15, 0.2) is 0 Å². The molecule has 0 nitrogen and oxygen atoms in total. The Kier molecular flexibility index (Phi) is 5.40. The van der Waals surface area contributed by atoms with Crippen LogP contribution in [0, 0.1) is 0 Å². The first-order valence-electron chi connectivity index (χ1n) is 5.57. The Hall–Kier alpha value is 0.180. The zero-order valence-corrected chi connectivity index (χ0v) is 14.5. The molecule has 0 N–H and O–H groups in total. The summed E-state index contributed by atoms with van der Waals surface area (Å²) in [6.07, 6.45) is 0.299. The molecule has 6 heteroatoms. The molecule has 0 radical (unpaired) electrons. The molecular weight excluding hydrogens is 381 g/mol. The minimum Gasteiger partial charge on any atom is -0.0959 e. The molecule has 2 rings (SSSR count). The van der Waals surface area contributed by atoms with Gasteiger partial charge in [-0.3, -0.25) is 0 Å². The number of hydrogen-bond donors (Lipinski definition) is 0. The van der Waals surface area contributed by atoms with E-state index in [0.29, 0.717) is 32.1 Å². The van der Waals surface area contributed by atoms with Gasteiger partial charge in [0, 0.05) is 32.1 Å². The van der Waals surface area contributed by atoms with Gasteiger partial charge in [0.25, 0.3) is 0 Å². The molecule has 106 valence electrons. The molecule has 0 saturated heterocycles. The minimum atomic E-state index is -1.21. The van der Waals surface area contributed by atoms with Crippen LogP contribution in [0.1, 0.15) is 11.1 Å². The summed E-state index contributed by atoms with van der Waals surface area (Å²) in [7, 11) is 0. The van der Waals surface area contributed by atoms with Crippen LogP contribution >= 0.6 is 69.6 Å². The predicted molar refractivity (Wildman–Crippen MR) is 90.0 cm³/mol. The van der Waals surface area contributed by atoms with Crippen molar-refractivity contribution in [3.8, 4) is 0 Å². The Labute approximate surface area is 147 Å². The number of benzene rings is 2. The summed E-state index contributed by atoms with van der Waals surface area (Å²) in [6, 6.07) is 10.2. The maximum Gasteiger partial charge on any atom is 0.148 e. The van der Waals surface area contributed by atoms with Crippen molar-refractivity contribution in [2.24, 2.45) is 0 Å². The van der Waals surface area contributed by atoms with Crippen LogP contribution in [-0.2, 0) is 10.8 Å². The highest BCUT2D eigenvalue weighted by Gasteiger charge is 2.30. The molecule has 2 aromatic rings. The third kappa shape index (κ3) is 3.88. The van der Waals surface area contributed by atoms with Gasteiger partial charge in [-0.05, 0) is 29.8 Å². The van der Waals surface area contributed by atoms with Crippen LogP contribution in [0.3, 0.4) is 0 Å². The predicted octanol–water partition coefficient (Wildman–Crippen LogP) is 7.17. The van der Waals surface area contributed by atoms with E-state index in [1.54, 1.807) is 36.4 Å². The Bertz CT molecular complexity index is 636. The average molecular weight is 389 g/mol. The molecule has 0 saturated carbocycles. The van der Waals surface area contributed by atoms with Crippen LogP contribution in [0.2, 0.25) is 20.1 Å². The lowest BCUT2D eigenvalue weighted by Crippen LogP contribution is -2.15. The number of alkyl halides is 2. The van der Waals surface area contributed by atoms with Gasteiger partial charge in [-0.1, -0.05) is 81.7 Å². The maximum atomic E-state index is 6.41. The Morgan fingerprint density at radius 3 is 1.85 bits per heavy atom. The van der Waals surface area contributed by atoms with Gasteiger partial charge >= 0.3 is 0 Å². The minimum absolute atomic E-state index is 0.299. The van der Waals surface area contributed by atoms with Crippen LogP contribution < -0.4 is 0 Å². The molecule has 0 heterocycles. The number of halogens is 6. The van der Waals surface area contributed by atoms with E-state index in [1.165, 1.54) is 0 Å². The van der Waals surface area contributed by atoms with Crippen LogP contribution in [0.15, 0.2) is 36.4 Å². The van der Waals surface area contributed by atoms with E-state index in [1.807, 2.05) is 0 Å². The molecule has 2 aromatic carbocycles. The quantitative estimate of drug-likeness (QED) is 0.489. The molecule has 20 heavy (non-hydrogen) atoms. The molecule has 0 amide bonds. The average Bonchev–Trinajstić information content (AvgIpc) is 2.32. The van der Waals surface area contributed by atoms with Crippen molar-refractivity contribution in [2.45, 2.75) is 10.8 Å². The van der Waals surface area contributed by atoms with Gasteiger partial charge in [0.05, 0.1) is 0 Å². The van der Waals surface area contributed by atoms with Crippen molar-refractivity contribution in [3.05, 3.63) is 67.6 Å². The van der Waals surface area contributed by atoms with Crippen molar-refractivity contribution in [1.29, 1.82) is 0 Å². The van der Waals surface area contributed by atoms with E-state index in [9.17, 15) is 0 Å². The van der Waals surface area contributed by atoms with Crippen molar-refractivity contribution < 1.29 is 0 Å². The Balaban J connectivity index is 2.35. The summed E-state index contributed by atoms with van der Waals surface area (Å²) >= 11 is 36.8. The normalized spacial score (nSPS) is 11.7. The second kappa shape index (κ2) is 6.52. The highest BCUT2D eigenvalue weighted by atomic mass is 35.5. The van der Waals surface area contributed by atoms with E-state index in [2.05, 4.69) is 0 Å². The largest absolute Gasteiger partial charge is 0.148 e. The van der Waals surface area contributed by atoms with Crippen LogP contribution in [0.5, 0.6) is 0 Å². The van der Waals surface area contributed by atoms with Crippen LogP contribution in [0.4, 0.5) is 0 Å². The zero-order chi connectivity index (χ0) is 14.9. The maximum absolute atomic E-state index is 6.41. The molecule has 0 aliphatic rings. The van der Waals surface area contributed by atoms with E-state index in [-0.39, 0.29) is 0 Å². The summed E-state index contributed by atoms with van der Waals surface area (Å²) in [5.41, 5.74) is 1.37. The first-order chi connectivity index (χ1) is 9.29. The van der Waals surface area contributed by atoms with Gasteiger partial charge in [-0.25, -0.2) is 0 Å². The van der Waals surface area contributed by atoms with E-state index in [4.69, 9.17) is 69.6 Å². The first kappa shape index (κ1) is 16.5. The fourth-order valence-corrected chi connectivity index (χ4v) is 3.54. The molecule has 0 aromatic heterocycles. The molecule has 0 aliphatic heterocycles. The molecule has 0 aliphatic carbocycles. The third-order valence-corrected chi connectivity index (χ3v) is 4.56. The molecule has 0 spiro atoms. The smallest absolute Gasteiger partial charge is 0.0959 e. The second-order valence-electron chi connectivity index (χ2n) is 4.24. The zero-order valence-electron chi connectivity index (χ0n) is 9.94. The van der Waals surface area contributed by atoms with Crippen molar-refractivity contribution in [2.75, 3.05) is 0 Å². The van der Waals surface area contributed by atoms with E-state index >= 15 is 0 Å². The van der Waals surface area contributed by atoms with Crippen LogP contribution in [0.25, 0.3) is 0 Å². The summed E-state index contributed by atoms with van der Waals surface area (Å²) in [5, 5.41) is 1.99. The van der Waals surface area contributed by atoms with Crippen molar-refractivity contribution in [3.63, 3.8) is 0 Å². The lowest BCUT2D eigenvalue weighted by Gasteiger charge is -2.22. The van der Waals surface area contributed by atoms with E-state index < -0.39 is 4.33 Å². The highest BCUT2D eigenvalue weighted by molar-refractivity contribution is 6.49. The van der Waals surface area contributed by atoms with Gasteiger partial charge < -0.3 is 0 Å². The fourth-order valence-electron chi connectivity index (χ4n) is 1.79. The summed E-state index contributed by atoms with van der Waals surface area (Å²) in [5.74, 6) is 0. The SMILES string of the molecule is Clc1ccc(CC(Cl)(Cl)c2ccc(Cl)cc2Cl)c(Cl)c1. The van der Waals surface area contributed by atoms with Crippen molar-refractivity contribution >= 4 is 69.6 Å². The van der Waals surface area contributed by atoms with Gasteiger partial charge in [-0.2, -0.15) is 0 Å². The lowest BCUT2D eigenvalue weighted by molar-refractivity contribution is 0.837. The second-order valence-corrected chi connectivity index (χ2v) is 7.41. The monoisotopic (exact) mass is 386 g/mol. The van der Waals surface area contributed by atoms with Gasteiger partial charge in [0.2, 0.25) is 0 Å². The number of hydrogen-bond acceptors (Lipinski definition) is 0. The molecule has 0 fully saturated rings. The summed E-state index contributed by atoms with van der Waals surface area (Å²) in [4.78, 5) is 0. The number of rotatable bonds is 3. The van der Waals surface area contributed by atoms with Crippen LogP contribution in [-0.4, -0.2) is 0 Å². The standard InChI is InChI=1S/C14H8Cl6/c15-9-2-1-8(12(17)5-9)7-14(19,20)11-4-3-10(16)6-13(11)18/h1-6H,7H2. The van der Waals surface area contributed by atoms with E-state index in [0.717, 1.165) is 5.56 Å². The Morgan fingerprint density at radius 2 is 1.30 bits per heavy atom. The molecule has 0 atom stereocenters. The van der Waals surface area contributed by atoms with Crippen molar-refractivity contribution in [1.82, 2.24) is 0 Å². The van der Waals surface area contributed by atoms with Gasteiger partial charge in [-0.15, -0.1) is 0 Å². The first-order valence-corrected chi connectivity index (χ1v) is 7.83. The molecular formula is C14H8Cl6. The molecule has 0 bridgehead atoms. The van der Waals surface area contributed by atoms with Gasteiger partial charge in [0.1, 0.15) is 4.33 Å². The Morgan fingerprint density at radius 1 is 0.750 bits per heavy atom. The third-order valence-electron chi connectivity index (χ3n) is 2.75. The fraction of sp³-hybridized carbons (Fsp3) is 0.143. The lowest BCUT2D eigenvalue weighted by atomic mass is 10.0.